The fourth-order valence-corrected chi connectivity index (χ4v) is 2.46. The van der Waals surface area contributed by atoms with Gasteiger partial charge in [0.25, 0.3) is 0 Å². The van der Waals surface area contributed by atoms with Gasteiger partial charge >= 0.3 is 0 Å². The Morgan fingerprint density at radius 2 is 1.90 bits per heavy atom. The molecule has 0 amide bonds. The molecule has 0 fully saturated rings. The third kappa shape index (κ3) is 3.19. The number of rotatable bonds is 7. The Morgan fingerprint density at radius 1 is 1.19 bits per heavy atom. The van der Waals surface area contributed by atoms with Crippen molar-refractivity contribution >= 4 is 0 Å². The first-order chi connectivity index (χ1) is 10.2. The zero-order valence-corrected chi connectivity index (χ0v) is 13.1. The summed E-state index contributed by atoms with van der Waals surface area (Å²) in [6, 6.07) is 8.00. The predicted octanol–water partition coefficient (Wildman–Crippen LogP) is 2.53. The van der Waals surface area contributed by atoms with Crippen LogP contribution in [0.3, 0.4) is 0 Å². The molecule has 21 heavy (non-hydrogen) atoms. The Morgan fingerprint density at radius 3 is 2.57 bits per heavy atom. The predicted molar refractivity (Wildman–Crippen MR) is 82.9 cm³/mol. The van der Waals surface area contributed by atoms with Crippen molar-refractivity contribution in [1.82, 2.24) is 15.1 Å². The summed E-state index contributed by atoms with van der Waals surface area (Å²) in [5.41, 5.74) is 2.07. The standard InChI is InChI=1S/C16H23N3O2/c1-5-10-17-15(12-8-6-7-9-13(12)20-3)16-14(21-4)11-18-19(16)2/h6-9,11,15,17H,5,10H2,1-4H3. The number of aromatic nitrogens is 2. The highest BCUT2D eigenvalue weighted by molar-refractivity contribution is 5.43. The van der Waals surface area contributed by atoms with Crippen LogP contribution in [-0.2, 0) is 7.05 Å². The first kappa shape index (κ1) is 15.4. The molecule has 1 unspecified atom stereocenters. The van der Waals surface area contributed by atoms with E-state index < -0.39 is 0 Å². The molecule has 5 heteroatoms. The van der Waals surface area contributed by atoms with Crippen molar-refractivity contribution < 1.29 is 9.47 Å². The van der Waals surface area contributed by atoms with Gasteiger partial charge in [0.1, 0.15) is 11.4 Å². The molecule has 2 rings (SSSR count). The van der Waals surface area contributed by atoms with Gasteiger partial charge in [-0.15, -0.1) is 0 Å². The number of nitrogens with one attached hydrogen (secondary N) is 1. The third-order valence-corrected chi connectivity index (χ3v) is 3.49. The normalized spacial score (nSPS) is 12.2. The van der Waals surface area contributed by atoms with Crippen molar-refractivity contribution in [3.05, 3.63) is 41.7 Å². The van der Waals surface area contributed by atoms with Gasteiger partial charge in [0.2, 0.25) is 0 Å². The summed E-state index contributed by atoms with van der Waals surface area (Å²) in [7, 11) is 5.28. The minimum absolute atomic E-state index is 0.0245. The molecule has 0 spiro atoms. The van der Waals surface area contributed by atoms with E-state index in [1.807, 2.05) is 29.9 Å². The van der Waals surface area contributed by atoms with Crippen LogP contribution in [0.2, 0.25) is 0 Å². The number of nitrogens with zero attached hydrogens (tertiary/aromatic N) is 2. The molecule has 0 saturated heterocycles. The Bertz CT molecular complexity index is 581. The Kier molecular flexibility index (Phi) is 5.22. The molecule has 0 radical (unpaired) electrons. The molecule has 0 aliphatic carbocycles. The molecule has 1 aromatic heterocycles. The van der Waals surface area contributed by atoms with Crippen molar-refractivity contribution in [2.24, 2.45) is 7.05 Å². The number of hydrogen-bond acceptors (Lipinski definition) is 4. The van der Waals surface area contributed by atoms with E-state index in [-0.39, 0.29) is 6.04 Å². The van der Waals surface area contributed by atoms with Crippen LogP contribution < -0.4 is 14.8 Å². The van der Waals surface area contributed by atoms with Gasteiger partial charge < -0.3 is 14.8 Å². The minimum atomic E-state index is -0.0245. The van der Waals surface area contributed by atoms with Crippen LogP contribution in [0, 0.1) is 0 Å². The highest BCUT2D eigenvalue weighted by atomic mass is 16.5. The van der Waals surface area contributed by atoms with Crippen molar-refractivity contribution in [3.63, 3.8) is 0 Å². The van der Waals surface area contributed by atoms with Crippen LogP contribution in [0.4, 0.5) is 0 Å². The molecular formula is C16H23N3O2. The number of benzene rings is 1. The van der Waals surface area contributed by atoms with E-state index in [4.69, 9.17) is 9.47 Å². The summed E-state index contributed by atoms with van der Waals surface area (Å²) in [5, 5.41) is 7.87. The quantitative estimate of drug-likeness (QED) is 0.851. The lowest BCUT2D eigenvalue weighted by atomic mass is 10.0. The Labute approximate surface area is 125 Å². The van der Waals surface area contributed by atoms with Crippen molar-refractivity contribution in [3.8, 4) is 11.5 Å². The molecule has 0 aliphatic rings. The second-order valence-electron chi connectivity index (χ2n) is 4.85. The number of hydrogen-bond donors (Lipinski definition) is 1. The zero-order valence-electron chi connectivity index (χ0n) is 13.1. The van der Waals surface area contributed by atoms with Crippen molar-refractivity contribution in [2.75, 3.05) is 20.8 Å². The first-order valence-electron chi connectivity index (χ1n) is 7.15. The lowest BCUT2D eigenvalue weighted by molar-refractivity contribution is 0.389. The van der Waals surface area contributed by atoms with Gasteiger partial charge in [-0.1, -0.05) is 25.1 Å². The van der Waals surface area contributed by atoms with Crippen molar-refractivity contribution in [1.29, 1.82) is 0 Å². The SMILES string of the molecule is CCCNC(c1ccccc1OC)c1c(OC)cnn1C. The first-order valence-corrected chi connectivity index (χ1v) is 7.15. The lowest BCUT2D eigenvalue weighted by Crippen LogP contribution is -2.26. The number of ether oxygens (including phenoxy) is 2. The topological polar surface area (TPSA) is 48.3 Å². The van der Waals surface area contributed by atoms with E-state index in [0.29, 0.717) is 0 Å². The van der Waals surface area contributed by atoms with E-state index in [1.165, 1.54) is 0 Å². The van der Waals surface area contributed by atoms with Gasteiger partial charge in [-0.05, 0) is 19.0 Å². The van der Waals surface area contributed by atoms with E-state index in [1.54, 1.807) is 20.4 Å². The monoisotopic (exact) mass is 289 g/mol. The van der Waals surface area contributed by atoms with Crippen LogP contribution >= 0.6 is 0 Å². The van der Waals surface area contributed by atoms with Crippen LogP contribution in [0.5, 0.6) is 11.5 Å². The second kappa shape index (κ2) is 7.13. The molecule has 2 aromatic rings. The fourth-order valence-electron chi connectivity index (χ4n) is 2.46. The van der Waals surface area contributed by atoms with E-state index in [2.05, 4.69) is 23.4 Å². The van der Waals surface area contributed by atoms with E-state index in [9.17, 15) is 0 Å². The fraction of sp³-hybridized carbons (Fsp3) is 0.438. The molecule has 0 saturated carbocycles. The largest absolute Gasteiger partial charge is 0.496 e. The summed E-state index contributed by atoms with van der Waals surface area (Å²) >= 11 is 0. The molecule has 1 heterocycles. The van der Waals surface area contributed by atoms with Crippen LogP contribution in [0.25, 0.3) is 0 Å². The highest BCUT2D eigenvalue weighted by Crippen LogP contribution is 2.34. The molecule has 1 N–H and O–H groups in total. The van der Waals surface area contributed by atoms with Gasteiger partial charge in [-0.3, -0.25) is 4.68 Å². The molecule has 0 bridgehead atoms. The smallest absolute Gasteiger partial charge is 0.161 e. The van der Waals surface area contributed by atoms with E-state index >= 15 is 0 Å². The van der Waals surface area contributed by atoms with Gasteiger partial charge in [0.05, 0.1) is 26.5 Å². The number of methoxy groups -OCH3 is 2. The summed E-state index contributed by atoms with van der Waals surface area (Å²) in [6.07, 6.45) is 2.79. The van der Waals surface area contributed by atoms with Gasteiger partial charge in [0.15, 0.2) is 5.75 Å². The zero-order chi connectivity index (χ0) is 15.2. The van der Waals surface area contributed by atoms with Crippen LogP contribution in [0.1, 0.15) is 30.6 Å². The summed E-state index contributed by atoms with van der Waals surface area (Å²) < 4.78 is 12.8. The highest BCUT2D eigenvalue weighted by Gasteiger charge is 2.24. The average molecular weight is 289 g/mol. The van der Waals surface area contributed by atoms with Crippen molar-refractivity contribution in [2.45, 2.75) is 19.4 Å². The summed E-state index contributed by atoms with van der Waals surface area (Å²) in [5.74, 6) is 1.63. The lowest BCUT2D eigenvalue weighted by Gasteiger charge is -2.22. The maximum atomic E-state index is 5.51. The Hall–Kier alpha value is -2.01. The molecule has 1 atom stereocenters. The molecule has 0 aliphatic heterocycles. The summed E-state index contributed by atoms with van der Waals surface area (Å²) in [6.45, 7) is 3.05. The average Bonchev–Trinajstić information content (AvgIpc) is 2.89. The molecule has 1 aromatic carbocycles. The van der Waals surface area contributed by atoms with E-state index in [0.717, 1.165) is 35.7 Å². The second-order valence-corrected chi connectivity index (χ2v) is 4.85. The van der Waals surface area contributed by atoms with Gasteiger partial charge in [0, 0.05) is 12.6 Å². The Balaban J connectivity index is 2.50. The number of para-hydroxylation sites is 1. The molecule has 114 valence electrons. The maximum Gasteiger partial charge on any atom is 0.161 e. The van der Waals surface area contributed by atoms with Gasteiger partial charge in [-0.25, -0.2) is 0 Å². The summed E-state index contributed by atoms with van der Waals surface area (Å²) in [4.78, 5) is 0. The molecular weight excluding hydrogens is 266 g/mol. The maximum absolute atomic E-state index is 5.51. The van der Waals surface area contributed by atoms with Gasteiger partial charge in [-0.2, -0.15) is 5.10 Å². The van der Waals surface area contributed by atoms with Crippen LogP contribution in [-0.4, -0.2) is 30.5 Å². The van der Waals surface area contributed by atoms with Crippen LogP contribution in [0.15, 0.2) is 30.5 Å². The number of aryl methyl sites for hydroxylation is 1. The third-order valence-electron chi connectivity index (χ3n) is 3.49. The minimum Gasteiger partial charge on any atom is -0.496 e. The molecule has 5 nitrogen and oxygen atoms in total.